The molecule has 108 valence electrons. The van der Waals surface area contributed by atoms with Gasteiger partial charge in [0.05, 0.1) is 11.5 Å². The third-order valence-electron chi connectivity index (χ3n) is 3.02. The molecule has 2 rings (SSSR count). The Kier molecular flexibility index (Phi) is 3.35. The zero-order valence-corrected chi connectivity index (χ0v) is 12.3. The molecule has 1 aromatic heterocycles. The van der Waals surface area contributed by atoms with E-state index < -0.39 is 25.9 Å². The molecule has 0 amide bonds. The molecular formula is C9H16N4O4S2. The normalized spacial score (nSPS) is 24.4. The van der Waals surface area contributed by atoms with Gasteiger partial charge >= 0.3 is 0 Å². The summed E-state index contributed by atoms with van der Waals surface area (Å²) >= 11 is 0. The Morgan fingerprint density at radius 2 is 2.11 bits per heavy atom. The van der Waals surface area contributed by atoms with E-state index in [1.807, 2.05) is 0 Å². The number of nitrogens with zero attached hydrogens (tertiary/aromatic N) is 3. The third kappa shape index (κ3) is 2.60. The Bertz CT molecular complexity index is 692. The minimum Gasteiger partial charge on any atom is -0.381 e. The van der Waals surface area contributed by atoms with Crippen molar-refractivity contribution >= 4 is 25.7 Å². The number of sulfonamides is 1. The molecule has 1 atom stereocenters. The fourth-order valence-electron chi connectivity index (χ4n) is 2.15. The lowest BCUT2D eigenvalue weighted by Crippen LogP contribution is -2.49. The van der Waals surface area contributed by atoms with E-state index in [0.717, 1.165) is 0 Å². The Labute approximate surface area is 112 Å². The van der Waals surface area contributed by atoms with Gasteiger partial charge in [0.15, 0.2) is 15.7 Å². The molecule has 2 heterocycles. The number of hydrogen-bond acceptors (Lipinski definition) is 6. The monoisotopic (exact) mass is 308 g/mol. The summed E-state index contributed by atoms with van der Waals surface area (Å²) in [4.78, 5) is -0.0823. The van der Waals surface area contributed by atoms with Crippen LogP contribution in [0.2, 0.25) is 0 Å². The van der Waals surface area contributed by atoms with Crippen LogP contribution in [0.1, 0.15) is 6.92 Å². The van der Waals surface area contributed by atoms with Crippen LogP contribution in [0, 0.1) is 0 Å². The van der Waals surface area contributed by atoms with Gasteiger partial charge in [0, 0.05) is 25.8 Å². The molecule has 0 radical (unpaired) electrons. The van der Waals surface area contributed by atoms with Gasteiger partial charge in [0.1, 0.15) is 4.90 Å². The van der Waals surface area contributed by atoms with Crippen molar-refractivity contribution in [3.05, 3.63) is 6.20 Å². The minimum absolute atomic E-state index is 0.0554. The van der Waals surface area contributed by atoms with Gasteiger partial charge in [-0.1, -0.05) is 0 Å². The van der Waals surface area contributed by atoms with E-state index >= 15 is 0 Å². The van der Waals surface area contributed by atoms with Gasteiger partial charge in [0.25, 0.3) is 0 Å². The molecule has 0 aliphatic carbocycles. The second kappa shape index (κ2) is 4.46. The van der Waals surface area contributed by atoms with Crippen LogP contribution in [0.15, 0.2) is 11.1 Å². The SMILES string of the molecule is CC1CS(=O)(=O)CCN1S(=O)(=O)c1cn(C)nc1N. The molecule has 0 saturated carbocycles. The number of aromatic nitrogens is 2. The van der Waals surface area contributed by atoms with Crippen molar-refractivity contribution in [1.29, 1.82) is 0 Å². The number of nitrogen functional groups attached to an aromatic ring is 1. The van der Waals surface area contributed by atoms with Crippen LogP contribution in [0.5, 0.6) is 0 Å². The molecule has 2 N–H and O–H groups in total. The first-order valence-corrected chi connectivity index (χ1v) is 8.91. The highest BCUT2D eigenvalue weighted by molar-refractivity contribution is 7.92. The molecule has 1 saturated heterocycles. The highest BCUT2D eigenvalue weighted by Gasteiger charge is 2.38. The average molecular weight is 308 g/mol. The summed E-state index contributed by atoms with van der Waals surface area (Å²) in [5.74, 6) is -0.425. The van der Waals surface area contributed by atoms with E-state index in [0.29, 0.717) is 0 Å². The number of hydrogen-bond donors (Lipinski definition) is 1. The first kappa shape index (κ1) is 14.3. The smallest absolute Gasteiger partial charge is 0.248 e. The quantitative estimate of drug-likeness (QED) is 0.734. The van der Waals surface area contributed by atoms with Crippen molar-refractivity contribution < 1.29 is 16.8 Å². The minimum atomic E-state index is -3.81. The fourth-order valence-corrected chi connectivity index (χ4v) is 5.64. The lowest BCUT2D eigenvalue weighted by atomic mass is 10.4. The predicted octanol–water partition coefficient (Wildman–Crippen LogP) is -1.19. The summed E-state index contributed by atoms with van der Waals surface area (Å²) in [6, 6.07) is -0.608. The first-order chi connectivity index (χ1) is 8.63. The maximum atomic E-state index is 12.4. The standard InChI is InChI=1S/C9H16N4O4S2/c1-7-6-18(14,15)4-3-13(7)19(16,17)8-5-12(2)11-9(8)10/h5,7H,3-4,6H2,1-2H3,(H2,10,11). The number of aryl methyl sites for hydroxylation is 1. The zero-order valence-electron chi connectivity index (χ0n) is 10.6. The molecule has 0 spiro atoms. The van der Waals surface area contributed by atoms with Gasteiger partial charge < -0.3 is 5.73 Å². The predicted molar refractivity (Wildman–Crippen MR) is 69.6 cm³/mol. The summed E-state index contributed by atoms with van der Waals surface area (Å²) in [7, 11) is -5.41. The van der Waals surface area contributed by atoms with E-state index in [-0.39, 0.29) is 28.8 Å². The molecule has 1 aromatic rings. The van der Waals surface area contributed by atoms with E-state index in [2.05, 4.69) is 5.10 Å². The van der Waals surface area contributed by atoms with Gasteiger partial charge in [0.2, 0.25) is 10.0 Å². The summed E-state index contributed by atoms with van der Waals surface area (Å²) in [6.07, 6.45) is 1.32. The molecule has 1 aliphatic rings. The van der Waals surface area contributed by atoms with Gasteiger partial charge in [-0.15, -0.1) is 0 Å². The molecule has 0 bridgehead atoms. The van der Waals surface area contributed by atoms with Crippen LogP contribution < -0.4 is 5.73 Å². The topological polar surface area (TPSA) is 115 Å². The van der Waals surface area contributed by atoms with Crippen LogP contribution in [0.4, 0.5) is 5.82 Å². The van der Waals surface area contributed by atoms with Crippen molar-refractivity contribution in [3.63, 3.8) is 0 Å². The zero-order chi connectivity index (χ0) is 14.4. The molecule has 10 heteroatoms. The molecule has 0 aromatic carbocycles. The van der Waals surface area contributed by atoms with Gasteiger partial charge in [-0.3, -0.25) is 4.68 Å². The van der Waals surface area contributed by atoms with Crippen molar-refractivity contribution in [2.75, 3.05) is 23.8 Å². The largest absolute Gasteiger partial charge is 0.381 e. The second-order valence-electron chi connectivity index (χ2n) is 4.63. The maximum Gasteiger partial charge on any atom is 0.248 e. The van der Waals surface area contributed by atoms with Gasteiger partial charge in [-0.25, -0.2) is 16.8 Å². The Morgan fingerprint density at radius 1 is 1.47 bits per heavy atom. The molecule has 1 aliphatic heterocycles. The number of rotatable bonds is 2. The number of nitrogens with two attached hydrogens (primary N) is 1. The van der Waals surface area contributed by atoms with Crippen LogP contribution >= 0.6 is 0 Å². The lowest BCUT2D eigenvalue weighted by Gasteiger charge is -2.31. The summed E-state index contributed by atoms with van der Waals surface area (Å²) < 4.78 is 50.3. The van der Waals surface area contributed by atoms with Crippen molar-refractivity contribution in [3.8, 4) is 0 Å². The highest BCUT2D eigenvalue weighted by atomic mass is 32.2. The van der Waals surface area contributed by atoms with E-state index in [9.17, 15) is 16.8 Å². The Morgan fingerprint density at radius 3 is 2.58 bits per heavy atom. The lowest BCUT2D eigenvalue weighted by molar-refractivity contribution is 0.357. The first-order valence-electron chi connectivity index (χ1n) is 5.65. The second-order valence-corrected chi connectivity index (χ2v) is 8.72. The van der Waals surface area contributed by atoms with Crippen molar-refractivity contribution in [2.24, 2.45) is 7.05 Å². The average Bonchev–Trinajstić information content (AvgIpc) is 2.56. The van der Waals surface area contributed by atoms with Gasteiger partial charge in [-0.2, -0.15) is 9.40 Å². The summed E-state index contributed by atoms with van der Waals surface area (Å²) in [5.41, 5.74) is 5.58. The molecule has 19 heavy (non-hydrogen) atoms. The fraction of sp³-hybridized carbons (Fsp3) is 0.667. The van der Waals surface area contributed by atoms with Crippen LogP contribution in [0.3, 0.4) is 0 Å². The number of anilines is 1. The van der Waals surface area contributed by atoms with E-state index in [1.54, 1.807) is 14.0 Å². The van der Waals surface area contributed by atoms with Crippen LogP contribution in [-0.4, -0.2) is 55.0 Å². The molecular weight excluding hydrogens is 292 g/mol. The van der Waals surface area contributed by atoms with E-state index in [4.69, 9.17) is 5.73 Å². The highest BCUT2D eigenvalue weighted by Crippen LogP contribution is 2.25. The summed E-state index contributed by atoms with van der Waals surface area (Å²) in [5, 5.41) is 3.80. The van der Waals surface area contributed by atoms with Crippen LogP contribution in [0.25, 0.3) is 0 Å². The Balaban J connectivity index is 2.39. The third-order valence-corrected chi connectivity index (χ3v) is 6.84. The maximum absolute atomic E-state index is 12.4. The van der Waals surface area contributed by atoms with Crippen molar-refractivity contribution in [2.45, 2.75) is 17.9 Å². The van der Waals surface area contributed by atoms with E-state index in [1.165, 1.54) is 15.2 Å². The molecule has 1 unspecified atom stereocenters. The Hall–Kier alpha value is -1.13. The molecule has 1 fully saturated rings. The van der Waals surface area contributed by atoms with Gasteiger partial charge in [-0.05, 0) is 6.92 Å². The van der Waals surface area contributed by atoms with Crippen LogP contribution in [-0.2, 0) is 26.9 Å². The van der Waals surface area contributed by atoms with Crippen molar-refractivity contribution in [1.82, 2.24) is 14.1 Å². The number of sulfone groups is 1. The molecule has 8 nitrogen and oxygen atoms in total. The summed E-state index contributed by atoms with van der Waals surface area (Å²) in [6.45, 7) is 1.51.